The Morgan fingerprint density at radius 3 is 2.48 bits per heavy atom. The molecule has 1 aliphatic rings. The van der Waals surface area contributed by atoms with E-state index >= 15 is 0 Å². The summed E-state index contributed by atoms with van der Waals surface area (Å²) in [6.45, 7) is 4.47. The molecular formula is C20H22N2O3. The zero-order valence-corrected chi connectivity index (χ0v) is 14.7. The predicted octanol–water partition coefficient (Wildman–Crippen LogP) is 2.85. The molecular weight excluding hydrogens is 316 g/mol. The number of ether oxygens (including phenoxy) is 1. The number of carbonyl (C=O) groups excluding carboxylic acids is 2. The van der Waals surface area contributed by atoms with Gasteiger partial charge in [-0.3, -0.25) is 9.59 Å². The van der Waals surface area contributed by atoms with Gasteiger partial charge in [0.2, 0.25) is 5.91 Å². The molecule has 0 aliphatic carbocycles. The van der Waals surface area contributed by atoms with Crippen molar-refractivity contribution in [2.45, 2.75) is 26.3 Å². The number of nitrogens with one attached hydrogen (secondary N) is 1. The lowest BCUT2D eigenvalue weighted by atomic mass is 10.1. The first-order chi connectivity index (χ1) is 12.0. The number of benzene rings is 2. The third-order valence-corrected chi connectivity index (χ3v) is 4.61. The minimum atomic E-state index is -0.191. The minimum Gasteiger partial charge on any atom is -0.497 e. The number of anilines is 1. The number of rotatable bonds is 4. The summed E-state index contributed by atoms with van der Waals surface area (Å²) < 4.78 is 5.14. The van der Waals surface area contributed by atoms with Crippen LogP contribution in [0.15, 0.2) is 42.5 Å². The lowest BCUT2D eigenvalue weighted by Crippen LogP contribution is -2.37. The molecule has 2 amide bonds. The molecule has 1 saturated heterocycles. The van der Waals surface area contributed by atoms with E-state index in [4.69, 9.17) is 4.74 Å². The van der Waals surface area contributed by atoms with Crippen LogP contribution in [0.25, 0.3) is 0 Å². The molecule has 0 bridgehead atoms. The van der Waals surface area contributed by atoms with Crippen LogP contribution in [0.3, 0.4) is 0 Å². The predicted molar refractivity (Wildman–Crippen MR) is 97.1 cm³/mol. The van der Waals surface area contributed by atoms with Crippen LogP contribution in [0.1, 0.15) is 27.9 Å². The Morgan fingerprint density at radius 1 is 1.12 bits per heavy atom. The zero-order chi connectivity index (χ0) is 18.0. The van der Waals surface area contributed by atoms with Crippen molar-refractivity contribution in [3.05, 3.63) is 59.2 Å². The van der Waals surface area contributed by atoms with Gasteiger partial charge in [0.15, 0.2) is 0 Å². The molecule has 5 nitrogen and oxygen atoms in total. The second-order valence-electron chi connectivity index (χ2n) is 6.38. The number of carbonyl (C=O) groups is 2. The molecule has 1 atom stereocenters. The Bertz CT molecular complexity index is 799. The molecule has 2 aromatic rings. The molecule has 1 heterocycles. The first-order valence-electron chi connectivity index (χ1n) is 8.30. The van der Waals surface area contributed by atoms with Crippen LogP contribution in [0.4, 0.5) is 5.69 Å². The smallest absolute Gasteiger partial charge is 0.251 e. The molecule has 2 aromatic carbocycles. The van der Waals surface area contributed by atoms with E-state index in [-0.39, 0.29) is 17.9 Å². The molecule has 25 heavy (non-hydrogen) atoms. The Balaban J connectivity index is 1.67. The second-order valence-corrected chi connectivity index (χ2v) is 6.38. The molecule has 1 aliphatic heterocycles. The van der Waals surface area contributed by atoms with Crippen LogP contribution in [0.2, 0.25) is 0 Å². The van der Waals surface area contributed by atoms with E-state index in [9.17, 15) is 9.59 Å². The van der Waals surface area contributed by atoms with E-state index in [1.54, 1.807) is 12.0 Å². The summed E-state index contributed by atoms with van der Waals surface area (Å²) in [4.78, 5) is 26.4. The van der Waals surface area contributed by atoms with E-state index in [2.05, 4.69) is 5.32 Å². The maximum atomic E-state index is 12.4. The topological polar surface area (TPSA) is 58.6 Å². The van der Waals surface area contributed by atoms with E-state index in [0.717, 1.165) is 22.6 Å². The van der Waals surface area contributed by atoms with Crippen molar-refractivity contribution in [3.8, 4) is 5.75 Å². The zero-order valence-electron chi connectivity index (χ0n) is 14.7. The average molecular weight is 338 g/mol. The molecule has 130 valence electrons. The van der Waals surface area contributed by atoms with Gasteiger partial charge >= 0.3 is 0 Å². The van der Waals surface area contributed by atoms with Crippen molar-refractivity contribution >= 4 is 17.5 Å². The Kier molecular flexibility index (Phi) is 4.74. The Hall–Kier alpha value is -2.82. The summed E-state index contributed by atoms with van der Waals surface area (Å²) in [6.07, 6.45) is 0.308. The first kappa shape index (κ1) is 17.0. The summed E-state index contributed by atoms with van der Waals surface area (Å²) >= 11 is 0. The molecule has 0 aromatic heterocycles. The fourth-order valence-electron chi connectivity index (χ4n) is 2.97. The molecule has 1 fully saturated rings. The maximum Gasteiger partial charge on any atom is 0.251 e. The SMILES string of the molecule is COc1ccc(N2C[C@H](NC(=O)c3ccc(C)c(C)c3)CC2=O)cc1. The monoisotopic (exact) mass is 338 g/mol. The Morgan fingerprint density at radius 2 is 1.84 bits per heavy atom. The molecule has 1 N–H and O–H groups in total. The van der Waals surface area contributed by atoms with Gasteiger partial charge in [0.25, 0.3) is 5.91 Å². The number of aryl methyl sites for hydroxylation is 2. The fraction of sp³-hybridized carbons (Fsp3) is 0.300. The van der Waals surface area contributed by atoms with Gasteiger partial charge in [0.1, 0.15) is 5.75 Å². The highest BCUT2D eigenvalue weighted by molar-refractivity contribution is 5.99. The van der Waals surface area contributed by atoms with Gasteiger partial charge in [0.05, 0.1) is 13.2 Å². The van der Waals surface area contributed by atoms with E-state index < -0.39 is 0 Å². The van der Waals surface area contributed by atoms with Crippen LogP contribution in [0.5, 0.6) is 5.75 Å². The van der Waals surface area contributed by atoms with E-state index in [1.165, 1.54) is 0 Å². The van der Waals surface area contributed by atoms with Crippen molar-refractivity contribution in [2.75, 3.05) is 18.6 Å². The van der Waals surface area contributed by atoms with Gasteiger partial charge in [-0.25, -0.2) is 0 Å². The molecule has 3 rings (SSSR count). The van der Waals surface area contributed by atoms with Crippen LogP contribution in [0, 0.1) is 13.8 Å². The normalized spacial score (nSPS) is 16.8. The third-order valence-electron chi connectivity index (χ3n) is 4.61. The van der Waals surface area contributed by atoms with Crippen molar-refractivity contribution in [3.63, 3.8) is 0 Å². The van der Waals surface area contributed by atoms with Gasteiger partial charge in [-0.05, 0) is 61.4 Å². The van der Waals surface area contributed by atoms with Gasteiger partial charge in [0, 0.05) is 24.2 Å². The van der Waals surface area contributed by atoms with Gasteiger partial charge in [-0.1, -0.05) is 6.07 Å². The van der Waals surface area contributed by atoms with Crippen molar-refractivity contribution in [2.24, 2.45) is 0 Å². The van der Waals surface area contributed by atoms with Gasteiger partial charge in [-0.15, -0.1) is 0 Å². The minimum absolute atomic E-state index is 0.00977. The van der Waals surface area contributed by atoms with E-state index in [1.807, 2.05) is 56.3 Å². The lowest BCUT2D eigenvalue weighted by molar-refractivity contribution is -0.117. The average Bonchev–Trinajstić information content (AvgIpc) is 2.97. The molecule has 0 saturated carbocycles. The van der Waals surface area contributed by atoms with Crippen molar-refractivity contribution < 1.29 is 14.3 Å². The summed E-state index contributed by atoms with van der Waals surface area (Å²) in [6, 6.07) is 12.8. The van der Waals surface area contributed by atoms with Gasteiger partial charge < -0.3 is 15.0 Å². The highest BCUT2D eigenvalue weighted by Crippen LogP contribution is 2.24. The quantitative estimate of drug-likeness (QED) is 0.932. The summed E-state index contributed by atoms with van der Waals surface area (Å²) in [5.74, 6) is 0.614. The largest absolute Gasteiger partial charge is 0.497 e. The molecule has 0 spiro atoms. The number of nitrogens with zero attached hydrogens (tertiary/aromatic N) is 1. The highest BCUT2D eigenvalue weighted by Gasteiger charge is 2.31. The fourth-order valence-corrected chi connectivity index (χ4v) is 2.97. The first-order valence-corrected chi connectivity index (χ1v) is 8.30. The number of methoxy groups -OCH3 is 1. The Labute approximate surface area is 147 Å². The summed E-state index contributed by atoms with van der Waals surface area (Å²) in [5, 5.41) is 2.97. The van der Waals surface area contributed by atoms with Gasteiger partial charge in [-0.2, -0.15) is 0 Å². The van der Waals surface area contributed by atoms with Crippen molar-refractivity contribution in [1.29, 1.82) is 0 Å². The standard InChI is InChI=1S/C20H22N2O3/c1-13-4-5-15(10-14(13)2)20(24)21-16-11-19(23)22(12-16)17-6-8-18(25-3)9-7-17/h4-10,16H,11-12H2,1-3H3,(H,21,24)/t16-/m1/s1. The number of hydrogen-bond acceptors (Lipinski definition) is 3. The second kappa shape index (κ2) is 6.97. The van der Waals surface area contributed by atoms with Crippen LogP contribution >= 0.6 is 0 Å². The van der Waals surface area contributed by atoms with Crippen LogP contribution in [-0.2, 0) is 4.79 Å². The molecule has 0 radical (unpaired) electrons. The summed E-state index contributed by atoms with van der Waals surface area (Å²) in [5.41, 5.74) is 3.67. The summed E-state index contributed by atoms with van der Waals surface area (Å²) in [7, 11) is 1.61. The van der Waals surface area contributed by atoms with E-state index in [0.29, 0.717) is 18.5 Å². The number of amides is 2. The lowest BCUT2D eigenvalue weighted by Gasteiger charge is -2.17. The molecule has 5 heteroatoms. The maximum absolute atomic E-state index is 12.4. The third kappa shape index (κ3) is 3.65. The highest BCUT2D eigenvalue weighted by atomic mass is 16.5. The van der Waals surface area contributed by atoms with Crippen LogP contribution < -0.4 is 15.0 Å². The van der Waals surface area contributed by atoms with Crippen LogP contribution in [-0.4, -0.2) is 31.5 Å². The molecule has 0 unspecified atom stereocenters. The van der Waals surface area contributed by atoms with Crippen molar-refractivity contribution in [1.82, 2.24) is 5.32 Å². The number of hydrogen-bond donors (Lipinski definition) is 1.